The minimum absolute atomic E-state index is 0.0353. The van der Waals surface area contributed by atoms with Gasteiger partial charge in [-0.05, 0) is 25.5 Å². The van der Waals surface area contributed by atoms with Crippen LogP contribution in [0.1, 0.15) is 11.3 Å². The number of thiophene rings is 1. The number of hydrogen-bond donors (Lipinski definition) is 1. The summed E-state index contributed by atoms with van der Waals surface area (Å²) in [5, 5.41) is 3.81. The van der Waals surface area contributed by atoms with Gasteiger partial charge in [-0.25, -0.2) is 4.79 Å². The third-order valence-electron chi connectivity index (χ3n) is 2.11. The second-order valence-electron chi connectivity index (χ2n) is 3.18. The maximum absolute atomic E-state index is 11.4. The van der Waals surface area contributed by atoms with Crippen LogP contribution in [-0.4, -0.2) is 24.0 Å². The number of rotatable bonds is 1. The summed E-state index contributed by atoms with van der Waals surface area (Å²) in [6, 6.07) is 3.99. The van der Waals surface area contributed by atoms with Gasteiger partial charge in [0.2, 0.25) is 0 Å². The molecule has 0 saturated carbocycles. The summed E-state index contributed by atoms with van der Waals surface area (Å²) in [6.45, 7) is 3.83. The first-order valence-corrected chi connectivity index (χ1v) is 5.20. The zero-order valence-electron chi connectivity index (χ0n) is 7.54. The van der Waals surface area contributed by atoms with Gasteiger partial charge in [-0.2, -0.15) is 0 Å². The van der Waals surface area contributed by atoms with Crippen molar-refractivity contribution in [1.29, 1.82) is 0 Å². The van der Waals surface area contributed by atoms with Crippen LogP contribution in [0.2, 0.25) is 0 Å². The molecule has 1 saturated heterocycles. The summed E-state index contributed by atoms with van der Waals surface area (Å²) in [4.78, 5) is 14.5. The standard InChI is InChI=1S/C9H12N2OS/c1-7-3-4-8(13-7)10-9(12)11-5-2-6-11/h3-4H,2,5-6H2,1H3,(H,10,12). The smallest absolute Gasteiger partial charge is 0.322 e. The molecule has 1 aromatic rings. The molecular formula is C9H12N2OS. The van der Waals surface area contributed by atoms with Gasteiger partial charge in [0.15, 0.2) is 0 Å². The average molecular weight is 196 g/mol. The number of anilines is 1. The second-order valence-corrected chi connectivity index (χ2v) is 4.47. The van der Waals surface area contributed by atoms with Gasteiger partial charge in [0.05, 0.1) is 5.00 Å². The van der Waals surface area contributed by atoms with E-state index in [0.717, 1.165) is 24.5 Å². The van der Waals surface area contributed by atoms with Gasteiger partial charge in [0.1, 0.15) is 0 Å². The maximum Gasteiger partial charge on any atom is 0.322 e. The topological polar surface area (TPSA) is 32.3 Å². The fourth-order valence-electron chi connectivity index (χ4n) is 1.21. The van der Waals surface area contributed by atoms with E-state index < -0.39 is 0 Å². The van der Waals surface area contributed by atoms with E-state index >= 15 is 0 Å². The molecule has 70 valence electrons. The fraction of sp³-hybridized carbons (Fsp3) is 0.444. The van der Waals surface area contributed by atoms with E-state index in [1.165, 1.54) is 4.88 Å². The van der Waals surface area contributed by atoms with E-state index in [0.29, 0.717) is 0 Å². The van der Waals surface area contributed by atoms with Crippen LogP contribution in [0.4, 0.5) is 9.80 Å². The van der Waals surface area contributed by atoms with Crippen molar-refractivity contribution in [3.05, 3.63) is 17.0 Å². The molecule has 3 nitrogen and oxygen atoms in total. The molecule has 13 heavy (non-hydrogen) atoms. The number of urea groups is 1. The molecule has 0 spiro atoms. The van der Waals surface area contributed by atoms with Gasteiger partial charge in [-0.3, -0.25) is 5.32 Å². The van der Waals surface area contributed by atoms with Crippen LogP contribution in [0.5, 0.6) is 0 Å². The Labute approximate surface area is 81.4 Å². The van der Waals surface area contributed by atoms with Crippen molar-refractivity contribution in [2.75, 3.05) is 18.4 Å². The highest BCUT2D eigenvalue weighted by molar-refractivity contribution is 7.16. The number of carbonyl (C=O) groups excluding carboxylic acids is 1. The molecule has 0 aliphatic carbocycles. The van der Waals surface area contributed by atoms with Crippen molar-refractivity contribution in [2.24, 2.45) is 0 Å². The number of amides is 2. The summed E-state index contributed by atoms with van der Waals surface area (Å²) in [5.41, 5.74) is 0. The number of nitrogens with zero attached hydrogens (tertiary/aromatic N) is 1. The molecular weight excluding hydrogens is 184 g/mol. The summed E-state index contributed by atoms with van der Waals surface area (Å²) < 4.78 is 0. The van der Waals surface area contributed by atoms with Crippen LogP contribution in [0.3, 0.4) is 0 Å². The Hall–Kier alpha value is -1.03. The van der Waals surface area contributed by atoms with Gasteiger partial charge < -0.3 is 4.90 Å². The first-order valence-electron chi connectivity index (χ1n) is 4.38. The molecule has 0 unspecified atom stereocenters. The van der Waals surface area contributed by atoms with E-state index in [1.807, 2.05) is 24.0 Å². The van der Waals surface area contributed by atoms with Crippen molar-refractivity contribution in [3.8, 4) is 0 Å². The monoisotopic (exact) mass is 196 g/mol. The number of aryl methyl sites for hydroxylation is 1. The third kappa shape index (κ3) is 1.83. The Kier molecular flexibility index (Phi) is 2.22. The molecule has 0 atom stereocenters. The lowest BCUT2D eigenvalue weighted by atomic mass is 10.2. The van der Waals surface area contributed by atoms with Crippen LogP contribution >= 0.6 is 11.3 Å². The van der Waals surface area contributed by atoms with E-state index in [1.54, 1.807) is 11.3 Å². The lowest BCUT2D eigenvalue weighted by Gasteiger charge is -2.30. The quantitative estimate of drug-likeness (QED) is 0.734. The average Bonchev–Trinajstić information content (AvgIpc) is 2.31. The van der Waals surface area contributed by atoms with Gasteiger partial charge in [-0.1, -0.05) is 0 Å². The highest BCUT2D eigenvalue weighted by Gasteiger charge is 2.20. The summed E-state index contributed by atoms with van der Waals surface area (Å²) in [7, 11) is 0. The molecule has 2 rings (SSSR count). The number of nitrogens with one attached hydrogen (secondary N) is 1. The van der Waals surface area contributed by atoms with E-state index in [9.17, 15) is 4.79 Å². The highest BCUT2D eigenvalue weighted by atomic mass is 32.1. The summed E-state index contributed by atoms with van der Waals surface area (Å²) in [6.07, 6.45) is 1.14. The van der Waals surface area contributed by atoms with Gasteiger partial charge in [0.25, 0.3) is 0 Å². The molecule has 0 radical (unpaired) electrons. The molecule has 2 heterocycles. The molecule has 0 bridgehead atoms. The lowest BCUT2D eigenvalue weighted by molar-refractivity contribution is 0.181. The molecule has 0 aromatic carbocycles. The highest BCUT2D eigenvalue weighted by Crippen LogP contribution is 2.21. The minimum Gasteiger partial charge on any atom is -0.324 e. The SMILES string of the molecule is Cc1ccc(NC(=O)N2CCC2)s1. The van der Waals surface area contributed by atoms with E-state index in [2.05, 4.69) is 5.32 Å². The molecule has 1 aromatic heterocycles. The zero-order valence-corrected chi connectivity index (χ0v) is 8.36. The number of hydrogen-bond acceptors (Lipinski definition) is 2. The largest absolute Gasteiger partial charge is 0.324 e. The van der Waals surface area contributed by atoms with Crippen molar-refractivity contribution < 1.29 is 4.79 Å². The number of carbonyl (C=O) groups is 1. The van der Waals surface area contributed by atoms with E-state index in [-0.39, 0.29) is 6.03 Å². The zero-order chi connectivity index (χ0) is 9.26. The lowest BCUT2D eigenvalue weighted by Crippen LogP contribution is -2.44. The first-order chi connectivity index (χ1) is 6.25. The molecule has 1 fully saturated rings. The summed E-state index contributed by atoms with van der Waals surface area (Å²) >= 11 is 1.61. The Balaban J connectivity index is 1.93. The Bertz CT molecular complexity index is 317. The Morgan fingerprint density at radius 1 is 1.54 bits per heavy atom. The van der Waals surface area contributed by atoms with Gasteiger partial charge in [0, 0.05) is 18.0 Å². The van der Waals surface area contributed by atoms with Crippen LogP contribution in [0.25, 0.3) is 0 Å². The first kappa shape index (κ1) is 8.56. The Morgan fingerprint density at radius 2 is 2.31 bits per heavy atom. The minimum atomic E-state index is 0.0353. The van der Waals surface area contributed by atoms with E-state index in [4.69, 9.17) is 0 Å². The van der Waals surface area contributed by atoms with Crippen LogP contribution in [0, 0.1) is 6.92 Å². The fourth-order valence-corrected chi connectivity index (χ4v) is 1.96. The van der Waals surface area contributed by atoms with Crippen molar-refractivity contribution in [3.63, 3.8) is 0 Å². The predicted octanol–water partition coefficient (Wildman–Crippen LogP) is 2.29. The molecule has 1 N–H and O–H groups in total. The second kappa shape index (κ2) is 3.38. The van der Waals surface area contributed by atoms with Crippen molar-refractivity contribution >= 4 is 22.4 Å². The maximum atomic E-state index is 11.4. The number of likely N-dealkylation sites (tertiary alicyclic amines) is 1. The predicted molar refractivity (Wildman–Crippen MR) is 54.3 cm³/mol. The van der Waals surface area contributed by atoms with Crippen molar-refractivity contribution in [2.45, 2.75) is 13.3 Å². The van der Waals surface area contributed by atoms with Gasteiger partial charge >= 0.3 is 6.03 Å². The molecule has 1 aliphatic heterocycles. The van der Waals surface area contributed by atoms with Crippen LogP contribution in [-0.2, 0) is 0 Å². The normalized spacial score (nSPS) is 15.3. The third-order valence-corrected chi connectivity index (χ3v) is 3.03. The Morgan fingerprint density at radius 3 is 2.77 bits per heavy atom. The molecule has 4 heteroatoms. The van der Waals surface area contributed by atoms with Crippen LogP contribution < -0.4 is 5.32 Å². The molecule has 1 aliphatic rings. The molecule has 2 amide bonds. The van der Waals surface area contributed by atoms with Crippen LogP contribution in [0.15, 0.2) is 12.1 Å². The summed E-state index contributed by atoms with van der Waals surface area (Å²) in [5.74, 6) is 0. The van der Waals surface area contributed by atoms with Crippen molar-refractivity contribution in [1.82, 2.24) is 4.90 Å². The van der Waals surface area contributed by atoms with Gasteiger partial charge in [-0.15, -0.1) is 11.3 Å².